The Bertz CT molecular complexity index is 544. The molecule has 0 aromatic heterocycles. The zero-order chi connectivity index (χ0) is 16.9. The van der Waals surface area contributed by atoms with Crippen LogP contribution in [-0.4, -0.2) is 42.7 Å². The van der Waals surface area contributed by atoms with Crippen LogP contribution in [0.25, 0.3) is 0 Å². The van der Waals surface area contributed by atoms with Crippen molar-refractivity contribution in [3.05, 3.63) is 33.9 Å². The summed E-state index contributed by atoms with van der Waals surface area (Å²) in [5.74, 6) is -0.225. The topological polar surface area (TPSA) is 95.7 Å². The Hall–Kier alpha value is -2.15. The number of benzene rings is 1. The van der Waals surface area contributed by atoms with Crippen LogP contribution in [0.1, 0.15) is 30.6 Å². The van der Waals surface area contributed by atoms with Crippen LogP contribution in [0.5, 0.6) is 0 Å². The molecule has 1 unspecified atom stereocenters. The number of rotatable bonds is 7. The lowest BCUT2D eigenvalue weighted by molar-refractivity contribution is -0.384. The lowest BCUT2D eigenvalue weighted by Gasteiger charge is -2.23. The van der Waals surface area contributed by atoms with Gasteiger partial charge in [-0.1, -0.05) is 13.8 Å². The lowest BCUT2D eigenvalue weighted by Crippen LogP contribution is -2.39. The van der Waals surface area contributed by atoms with E-state index >= 15 is 0 Å². The second-order valence-corrected chi connectivity index (χ2v) is 5.69. The summed E-state index contributed by atoms with van der Waals surface area (Å²) in [6.07, 6.45) is 0.440. The van der Waals surface area contributed by atoms with Crippen molar-refractivity contribution in [1.82, 2.24) is 5.32 Å². The molecule has 1 amide bonds. The van der Waals surface area contributed by atoms with Gasteiger partial charge in [0.15, 0.2) is 0 Å². The third kappa shape index (κ3) is 4.42. The number of amides is 1. The number of nitrogens with zero attached hydrogens (tertiary/aromatic N) is 2. The standard InChI is InChI=1S/C15H23N3O4/c1-10(2)13(7-8-19)16-15(20)12-9-11(18(21)22)5-6-14(12)17(3)4/h5-6,9-10,13,19H,7-8H2,1-4H3,(H,16,20). The fourth-order valence-corrected chi connectivity index (χ4v) is 2.17. The van der Waals surface area contributed by atoms with E-state index in [1.54, 1.807) is 25.1 Å². The average molecular weight is 309 g/mol. The summed E-state index contributed by atoms with van der Waals surface area (Å²) < 4.78 is 0. The summed E-state index contributed by atoms with van der Waals surface area (Å²) >= 11 is 0. The van der Waals surface area contributed by atoms with Crippen molar-refractivity contribution in [3.8, 4) is 0 Å². The van der Waals surface area contributed by atoms with Gasteiger partial charge in [0.2, 0.25) is 0 Å². The number of aliphatic hydroxyl groups is 1. The normalized spacial score (nSPS) is 12.1. The smallest absolute Gasteiger partial charge is 0.270 e. The van der Waals surface area contributed by atoms with E-state index in [4.69, 9.17) is 5.11 Å². The Kier molecular flexibility index (Phi) is 6.30. The number of hydrogen-bond acceptors (Lipinski definition) is 5. The highest BCUT2D eigenvalue weighted by Gasteiger charge is 2.21. The second-order valence-electron chi connectivity index (χ2n) is 5.69. The van der Waals surface area contributed by atoms with E-state index in [9.17, 15) is 14.9 Å². The molecule has 0 saturated heterocycles. The van der Waals surface area contributed by atoms with Gasteiger partial charge < -0.3 is 15.3 Å². The minimum Gasteiger partial charge on any atom is -0.396 e. The van der Waals surface area contributed by atoms with E-state index in [0.717, 1.165) is 0 Å². The van der Waals surface area contributed by atoms with E-state index in [1.165, 1.54) is 12.1 Å². The van der Waals surface area contributed by atoms with Crippen LogP contribution in [0.3, 0.4) is 0 Å². The first-order chi connectivity index (χ1) is 10.3. The molecule has 1 aromatic rings. The van der Waals surface area contributed by atoms with E-state index in [0.29, 0.717) is 12.1 Å². The van der Waals surface area contributed by atoms with Crippen LogP contribution in [-0.2, 0) is 0 Å². The maximum absolute atomic E-state index is 12.5. The Balaban J connectivity index is 3.13. The van der Waals surface area contributed by atoms with Crippen molar-refractivity contribution >= 4 is 17.3 Å². The minimum atomic E-state index is -0.524. The van der Waals surface area contributed by atoms with Gasteiger partial charge in [-0.15, -0.1) is 0 Å². The highest BCUT2D eigenvalue weighted by atomic mass is 16.6. The largest absolute Gasteiger partial charge is 0.396 e. The van der Waals surface area contributed by atoms with Crippen molar-refractivity contribution in [2.45, 2.75) is 26.3 Å². The summed E-state index contributed by atoms with van der Waals surface area (Å²) in [5, 5.41) is 22.8. The van der Waals surface area contributed by atoms with Gasteiger partial charge in [-0.2, -0.15) is 0 Å². The highest BCUT2D eigenvalue weighted by Crippen LogP contribution is 2.24. The Morgan fingerprint density at radius 2 is 2.05 bits per heavy atom. The van der Waals surface area contributed by atoms with Crippen molar-refractivity contribution in [1.29, 1.82) is 0 Å². The molecule has 7 heteroatoms. The maximum Gasteiger partial charge on any atom is 0.270 e. The molecule has 0 fully saturated rings. The molecule has 22 heavy (non-hydrogen) atoms. The van der Waals surface area contributed by atoms with E-state index in [-0.39, 0.29) is 35.7 Å². The molecule has 0 bridgehead atoms. The Labute approximate surface area is 130 Å². The van der Waals surface area contributed by atoms with Crippen LogP contribution in [0.2, 0.25) is 0 Å². The fourth-order valence-electron chi connectivity index (χ4n) is 2.17. The molecule has 0 radical (unpaired) electrons. The SMILES string of the molecule is CC(C)C(CCO)NC(=O)c1cc([N+](=O)[O-])ccc1N(C)C. The second kappa shape index (κ2) is 7.74. The third-order valence-corrected chi connectivity index (χ3v) is 3.48. The molecule has 122 valence electrons. The number of carbonyl (C=O) groups excluding carboxylic acids is 1. The molecule has 0 aliphatic heterocycles. The van der Waals surface area contributed by atoms with Crippen molar-refractivity contribution in [2.75, 3.05) is 25.6 Å². The summed E-state index contributed by atoms with van der Waals surface area (Å²) in [6, 6.07) is 4.02. The van der Waals surface area contributed by atoms with Crippen LogP contribution < -0.4 is 10.2 Å². The number of nitrogens with one attached hydrogen (secondary N) is 1. The van der Waals surface area contributed by atoms with Gasteiger partial charge in [0.05, 0.1) is 10.5 Å². The zero-order valence-electron chi connectivity index (χ0n) is 13.4. The molecule has 1 atom stereocenters. The van der Waals surface area contributed by atoms with Crippen molar-refractivity contribution < 1.29 is 14.8 Å². The summed E-state index contributed by atoms with van der Waals surface area (Å²) in [5.41, 5.74) is 0.733. The first-order valence-corrected chi connectivity index (χ1v) is 7.15. The number of hydrogen-bond donors (Lipinski definition) is 2. The number of anilines is 1. The first-order valence-electron chi connectivity index (χ1n) is 7.15. The number of aliphatic hydroxyl groups excluding tert-OH is 1. The first kappa shape index (κ1) is 17.9. The summed E-state index contributed by atoms with van der Waals surface area (Å²) in [7, 11) is 3.54. The lowest BCUT2D eigenvalue weighted by atomic mass is 10.0. The van der Waals surface area contributed by atoms with Crippen molar-refractivity contribution in [2.24, 2.45) is 5.92 Å². The minimum absolute atomic E-state index is 0.0292. The number of carbonyl (C=O) groups is 1. The number of nitro groups is 1. The predicted molar refractivity (Wildman–Crippen MR) is 85.2 cm³/mol. The molecule has 1 aromatic carbocycles. The van der Waals surface area contributed by atoms with E-state index < -0.39 is 4.92 Å². The molecule has 0 aliphatic carbocycles. The maximum atomic E-state index is 12.5. The van der Waals surface area contributed by atoms with E-state index in [1.807, 2.05) is 13.8 Å². The quantitative estimate of drug-likeness (QED) is 0.591. The molecular weight excluding hydrogens is 286 g/mol. The monoisotopic (exact) mass is 309 g/mol. The molecule has 1 rings (SSSR count). The van der Waals surface area contributed by atoms with Gasteiger partial charge in [-0.25, -0.2) is 0 Å². The molecule has 0 aliphatic rings. The molecule has 0 heterocycles. The van der Waals surface area contributed by atoms with Gasteiger partial charge in [-0.3, -0.25) is 14.9 Å². The van der Waals surface area contributed by atoms with Gasteiger partial charge >= 0.3 is 0 Å². The highest BCUT2D eigenvalue weighted by molar-refractivity contribution is 6.00. The van der Waals surface area contributed by atoms with Crippen molar-refractivity contribution in [3.63, 3.8) is 0 Å². The van der Waals surface area contributed by atoms with Crippen LogP contribution >= 0.6 is 0 Å². The van der Waals surface area contributed by atoms with Gasteiger partial charge in [-0.05, 0) is 18.4 Å². The number of nitro benzene ring substituents is 1. The van der Waals surface area contributed by atoms with Crippen LogP contribution in [0.15, 0.2) is 18.2 Å². The van der Waals surface area contributed by atoms with Crippen LogP contribution in [0, 0.1) is 16.0 Å². The fraction of sp³-hybridized carbons (Fsp3) is 0.533. The summed E-state index contributed by atoms with van der Waals surface area (Å²) in [4.78, 5) is 24.6. The van der Waals surface area contributed by atoms with E-state index in [2.05, 4.69) is 5.32 Å². The molecular formula is C15H23N3O4. The van der Waals surface area contributed by atoms with Gasteiger partial charge in [0.25, 0.3) is 11.6 Å². The zero-order valence-corrected chi connectivity index (χ0v) is 13.4. The molecule has 0 saturated carbocycles. The average Bonchev–Trinajstić information content (AvgIpc) is 2.45. The van der Waals surface area contributed by atoms with Gasteiger partial charge in [0, 0.05) is 44.6 Å². The Morgan fingerprint density at radius 3 is 2.50 bits per heavy atom. The Morgan fingerprint density at radius 1 is 1.41 bits per heavy atom. The molecule has 0 spiro atoms. The van der Waals surface area contributed by atoms with Crippen LogP contribution in [0.4, 0.5) is 11.4 Å². The predicted octanol–water partition coefficient (Wildman–Crippen LogP) is 1.80. The number of non-ortho nitro benzene ring substituents is 1. The molecule has 7 nitrogen and oxygen atoms in total. The van der Waals surface area contributed by atoms with Gasteiger partial charge in [0.1, 0.15) is 0 Å². The third-order valence-electron chi connectivity index (χ3n) is 3.48. The summed E-state index contributed by atoms with van der Waals surface area (Å²) in [6.45, 7) is 3.86. The molecule has 2 N–H and O–H groups in total.